The first-order valence-electron chi connectivity index (χ1n) is 9.50. The van der Waals surface area contributed by atoms with Gasteiger partial charge in [-0.05, 0) is 12.1 Å². The molecule has 3 aliphatic heterocycles. The van der Waals surface area contributed by atoms with E-state index in [9.17, 15) is 35.4 Å². The highest BCUT2D eigenvalue weighted by atomic mass is 16.7. The number of carboxylic acids is 1. The van der Waals surface area contributed by atoms with Crippen molar-refractivity contribution in [3.8, 4) is 0 Å². The lowest BCUT2D eigenvalue weighted by molar-refractivity contribution is -0.279. The first-order valence-corrected chi connectivity index (χ1v) is 9.50. The molecule has 0 aromatic heterocycles. The van der Waals surface area contributed by atoms with Crippen molar-refractivity contribution < 1.29 is 49.6 Å². The van der Waals surface area contributed by atoms with E-state index in [1.165, 1.54) is 0 Å². The lowest BCUT2D eigenvalue weighted by atomic mass is 9.78. The van der Waals surface area contributed by atoms with Crippen molar-refractivity contribution in [2.75, 3.05) is 6.61 Å². The van der Waals surface area contributed by atoms with Crippen LogP contribution in [0.5, 0.6) is 0 Å². The average Bonchev–Trinajstić information content (AvgIpc) is 3.16. The molecule has 30 heavy (non-hydrogen) atoms. The minimum Gasteiger partial charge on any atom is -0.479 e. The number of fused-ring (bicyclic) bond motifs is 1. The van der Waals surface area contributed by atoms with Gasteiger partial charge in [0.15, 0.2) is 6.10 Å². The second kappa shape index (κ2) is 8.19. The Morgan fingerprint density at radius 1 is 0.967 bits per heavy atom. The molecule has 164 valence electrons. The Morgan fingerprint density at radius 2 is 1.67 bits per heavy atom. The summed E-state index contributed by atoms with van der Waals surface area (Å²) in [4.78, 5) is 15.9. The number of nitrogens with zero attached hydrogens (tertiary/aromatic N) is 1. The standard InChI is InChI=1S/C19H23NO10/c21-6-8-11(22)9(15-13(24)12(23)14(25)16(29-15)18(26)27)10-19(28-8)30-17(20-10)7-4-2-1-3-5-7/h1-5,8-16,19,21-25H,6H2,(H,26,27)/t8-,9?,10-,11-,12-,13-,14+,15+,16+,19-/m1/s1. The van der Waals surface area contributed by atoms with Crippen LogP contribution in [0.15, 0.2) is 35.3 Å². The predicted molar refractivity (Wildman–Crippen MR) is 97.4 cm³/mol. The summed E-state index contributed by atoms with van der Waals surface area (Å²) in [5.41, 5.74) is 0.633. The van der Waals surface area contributed by atoms with Gasteiger partial charge in [-0.25, -0.2) is 9.79 Å². The molecule has 11 heteroatoms. The highest BCUT2D eigenvalue weighted by Crippen LogP contribution is 2.40. The van der Waals surface area contributed by atoms with E-state index in [0.29, 0.717) is 5.56 Å². The van der Waals surface area contributed by atoms with Crippen LogP contribution in [-0.4, -0.2) is 104 Å². The van der Waals surface area contributed by atoms with Crippen molar-refractivity contribution in [3.05, 3.63) is 35.9 Å². The normalized spacial score (nSPS) is 43.4. The van der Waals surface area contributed by atoms with Crippen LogP contribution in [0, 0.1) is 5.92 Å². The zero-order valence-electron chi connectivity index (χ0n) is 15.6. The number of aliphatic hydroxyl groups excluding tert-OH is 5. The number of aliphatic carboxylic acids is 1. The van der Waals surface area contributed by atoms with Crippen LogP contribution in [0.1, 0.15) is 5.56 Å². The summed E-state index contributed by atoms with van der Waals surface area (Å²) in [5, 5.41) is 60.3. The van der Waals surface area contributed by atoms with Crippen molar-refractivity contribution in [1.29, 1.82) is 0 Å². The topological polar surface area (TPSA) is 178 Å². The first-order chi connectivity index (χ1) is 14.3. The number of carbonyl (C=O) groups is 1. The third kappa shape index (κ3) is 3.48. The van der Waals surface area contributed by atoms with E-state index < -0.39 is 73.6 Å². The predicted octanol–water partition coefficient (Wildman–Crippen LogP) is -2.54. The Kier molecular flexibility index (Phi) is 5.77. The van der Waals surface area contributed by atoms with Crippen LogP contribution in [0.3, 0.4) is 0 Å². The molecule has 0 bridgehead atoms. The molecule has 1 aromatic carbocycles. The van der Waals surface area contributed by atoms with Gasteiger partial charge in [-0.2, -0.15) is 0 Å². The number of rotatable bonds is 4. The summed E-state index contributed by atoms with van der Waals surface area (Å²) < 4.78 is 16.8. The van der Waals surface area contributed by atoms with E-state index in [2.05, 4.69) is 4.99 Å². The summed E-state index contributed by atoms with van der Waals surface area (Å²) in [6.45, 7) is -0.582. The molecule has 0 saturated carbocycles. The van der Waals surface area contributed by atoms with Gasteiger partial charge in [0.2, 0.25) is 12.2 Å². The lowest BCUT2D eigenvalue weighted by Gasteiger charge is -2.48. The maximum absolute atomic E-state index is 11.5. The van der Waals surface area contributed by atoms with Crippen molar-refractivity contribution in [2.24, 2.45) is 10.9 Å². The largest absolute Gasteiger partial charge is 0.479 e. The Bertz CT molecular complexity index is 804. The molecule has 0 spiro atoms. The second-order valence-electron chi connectivity index (χ2n) is 7.53. The molecule has 2 fully saturated rings. The van der Waals surface area contributed by atoms with Crippen molar-refractivity contribution in [1.82, 2.24) is 0 Å². The number of benzene rings is 1. The second-order valence-corrected chi connectivity index (χ2v) is 7.53. The number of aliphatic imine (C=N–C) groups is 1. The number of carboxylic acid groups (broad SMARTS) is 1. The third-order valence-corrected chi connectivity index (χ3v) is 5.73. The van der Waals surface area contributed by atoms with Gasteiger partial charge >= 0.3 is 5.97 Å². The highest BCUT2D eigenvalue weighted by molar-refractivity contribution is 5.95. The van der Waals surface area contributed by atoms with E-state index in [0.717, 1.165) is 0 Å². The van der Waals surface area contributed by atoms with Crippen molar-refractivity contribution in [3.63, 3.8) is 0 Å². The number of aliphatic hydroxyl groups is 5. The van der Waals surface area contributed by atoms with Gasteiger partial charge in [-0.3, -0.25) is 0 Å². The van der Waals surface area contributed by atoms with Crippen LogP contribution in [-0.2, 0) is 19.0 Å². The van der Waals surface area contributed by atoms with E-state index in [1.54, 1.807) is 24.3 Å². The Morgan fingerprint density at radius 3 is 2.30 bits per heavy atom. The first kappa shape index (κ1) is 21.1. The van der Waals surface area contributed by atoms with Gasteiger partial charge in [0.25, 0.3) is 0 Å². The van der Waals surface area contributed by atoms with E-state index >= 15 is 0 Å². The summed E-state index contributed by atoms with van der Waals surface area (Å²) in [7, 11) is 0. The summed E-state index contributed by atoms with van der Waals surface area (Å²) in [6, 6.07) is 7.93. The van der Waals surface area contributed by atoms with Crippen LogP contribution >= 0.6 is 0 Å². The van der Waals surface area contributed by atoms with Crippen molar-refractivity contribution >= 4 is 11.9 Å². The third-order valence-electron chi connectivity index (χ3n) is 5.73. The zero-order valence-corrected chi connectivity index (χ0v) is 15.6. The summed E-state index contributed by atoms with van der Waals surface area (Å²) in [5.74, 6) is -2.42. The molecule has 3 heterocycles. The van der Waals surface area contributed by atoms with Crippen LogP contribution < -0.4 is 0 Å². The molecular formula is C19H23NO10. The monoisotopic (exact) mass is 425 g/mol. The smallest absolute Gasteiger partial charge is 0.335 e. The Labute approximate surface area is 170 Å². The van der Waals surface area contributed by atoms with E-state index in [1.807, 2.05) is 6.07 Å². The summed E-state index contributed by atoms with van der Waals surface area (Å²) >= 11 is 0. The zero-order chi connectivity index (χ0) is 21.6. The molecule has 6 N–H and O–H groups in total. The Hall–Kier alpha value is -2.12. The minimum absolute atomic E-state index is 0.210. The van der Waals surface area contributed by atoms with Gasteiger partial charge in [0, 0.05) is 11.5 Å². The van der Waals surface area contributed by atoms with Gasteiger partial charge in [-0.15, -0.1) is 0 Å². The fourth-order valence-corrected chi connectivity index (χ4v) is 4.18. The fraction of sp³-hybridized carbons (Fsp3) is 0.579. The van der Waals surface area contributed by atoms with Crippen LogP contribution in [0.4, 0.5) is 0 Å². The minimum atomic E-state index is -1.86. The highest BCUT2D eigenvalue weighted by Gasteiger charge is 2.58. The quantitative estimate of drug-likeness (QED) is 0.301. The van der Waals surface area contributed by atoms with Gasteiger partial charge in [0.1, 0.15) is 30.5 Å². The lowest BCUT2D eigenvalue weighted by Crippen LogP contribution is -2.67. The molecule has 1 aromatic rings. The summed E-state index contributed by atoms with van der Waals surface area (Å²) in [6.07, 6.45) is -12.2. The molecule has 0 amide bonds. The molecule has 1 unspecified atom stereocenters. The van der Waals surface area contributed by atoms with E-state index in [-0.39, 0.29) is 5.90 Å². The SMILES string of the molecule is O=C(O)[C@H]1O[C@@H](C2[C@H]3N=C(c4ccccc4)O[C@H]3O[C@H](CO)[C@H]2O)[C@H](O)[C@@H](O)[C@@H]1O. The molecule has 11 nitrogen and oxygen atoms in total. The molecule has 2 saturated heterocycles. The molecular weight excluding hydrogens is 402 g/mol. The fourth-order valence-electron chi connectivity index (χ4n) is 4.18. The van der Waals surface area contributed by atoms with Crippen LogP contribution in [0.25, 0.3) is 0 Å². The van der Waals surface area contributed by atoms with Gasteiger partial charge in [-0.1, -0.05) is 18.2 Å². The van der Waals surface area contributed by atoms with E-state index in [4.69, 9.17) is 14.2 Å². The average molecular weight is 425 g/mol. The molecule has 4 rings (SSSR count). The maximum atomic E-state index is 11.5. The van der Waals surface area contributed by atoms with Gasteiger partial charge < -0.3 is 44.8 Å². The molecule has 0 aliphatic carbocycles. The van der Waals surface area contributed by atoms with Crippen molar-refractivity contribution in [2.45, 2.75) is 55.1 Å². The number of ether oxygens (including phenoxy) is 3. The van der Waals surface area contributed by atoms with Gasteiger partial charge in [0.05, 0.1) is 18.8 Å². The van der Waals surface area contributed by atoms with Crippen LogP contribution in [0.2, 0.25) is 0 Å². The number of hydrogen-bond acceptors (Lipinski definition) is 10. The maximum Gasteiger partial charge on any atom is 0.335 e. The Balaban J connectivity index is 1.70. The molecule has 10 atom stereocenters. The molecule has 3 aliphatic rings. The molecule has 0 radical (unpaired) electrons. The number of hydrogen-bond donors (Lipinski definition) is 6.